The van der Waals surface area contributed by atoms with Gasteiger partial charge in [0.25, 0.3) is 0 Å². The Bertz CT molecular complexity index is 583. The van der Waals surface area contributed by atoms with Crippen LogP contribution in [0.1, 0.15) is 37.8 Å². The van der Waals surface area contributed by atoms with Crippen LogP contribution in [0.5, 0.6) is 0 Å². The molecule has 2 atom stereocenters. The van der Waals surface area contributed by atoms with Crippen LogP contribution >= 0.6 is 11.6 Å². The molecule has 0 amide bonds. The van der Waals surface area contributed by atoms with E-state index in [9.17, 15) is 4.79 Å². The highest BCUT2D eigenvalue weighted by atomic mass is 35.5. The Balaban J connectivity index is 1.99. The normalized spacial score (nSPS) is 27.2. The van der Waals surface area contributed by atoms with Gasteiger partial charge in [0.15, 0.2) is 5.54 Å². The van der Waals surface area contributed by atoms with Crippen LogP contribution in [0.3, 0.4) is 0 Å². The van der Waals surface area contributed by atoms with Crippen LogP contribution in [0, 0.1) is 5.92 Å². The molecule has 1 saturated carbocycles. The van der Waals surface area contributed by atoms with Crippen molar-refractivity contribution in [2.75, 3.05) is 13.7 Å². The summed E-state index contributed by atoms with van der Waals surface area (Å²) in [5, 5.41) is 0.691. The summed E-state index contributed by atoms with van der Waals surface area (Å²) in [5.74, 6) is 0.441. The van der Waals surface area contributed by atoms with Crippen LogP contribution in [0.4, 0.5) is 0 Å². The van der Waals surface area contributed by atoms with Crippen molar-refractivity contribution in [2.24, 2.45) is 10.9 Å². The average Bonchev–Trinajstić information content (AvgIpc) is 3.27. The Morgan fingerprint density at radius 2 is 2.09 bits per heavy atom. The van der Waals surface area contributed by atoms with Crippen molar-refractivity contribution in [2.45, 2.75) is 37.8 Å². The fourth-order valence-electron chi connectivity index (χ4n) is 3.22. The number of methoxy groups -OCH3 is 1. The monoisotopic (exact) mass is 320 g/mol. The number of nitrogens with zero attached hydrogens (tertiary/aromatic N) is 2. The minimum Gasteiger partial charge on any atom is -0.467 e. The van der Waals surface area contributed by atoms with E-state index in [-0.39, 0.29) is 12.0 Å². The zero-order valence-corrected chi connectivity index (χ0v) is 13.7. The Morgan fingerprint density at radius 3 is 2.64 bits per heavy atom. The van der Waals surface area contributed by atoms with Gasteiger partial charge in [-0.1, -0.05) is 30.7 Å². The van der Waals surface area contributed by atoms with Gasteiger partial charge in [0.1, 0.15) is 0 Å². The molecule has 1 aromatic carbocycles. The maximum absolute atomic E-state index is 12.5. The minimum absolute atomic E-state index is 0.122. The van der Waals surface area contributed by atoms with Crippen molar-refractivity contribution in [3.05, 3.63) is 34.9 Å². The first-order valence-electron chi connectivity index (χ1n) is 7.75. The molecule has 22 heavy (non-hydrogen) atoms. The number of carbonyl (C=O) groups excluding carboxylic acids is 1. The topological polar surface area (TPSA) is 41.9 Å². The summed E-state index contributed by atoms with van der Waals surface area (Å²) in [6.45, 7) is 2.92. The van der Waals surface area contributed by atoms with Crippen molar-refractivity contribution in [3.63, 3.8) is 0 Å². The highest BCUT2D eigenvalue weighted by Gasteiger charge is 2.52. The van der Waals surface area contributed by atoms with E-state index in [4.69, 9.17) is 16.3 Å². The number of rotatable bonds is 5. The summed E-state index contributed by atoms with van der Waals surface area (Å²) in [6, 6.07) is 7.57. The maximum atomic E-state index is 12.5. The summed E-state index contributed by atoms with van der Waals surface area (Å²) >= 11 is 6.01. The van der Waals surface area contributed by atoms with Crippen molar-refractivity contribution >= 4 is 23.9 Å². The fraction of sp³-hybridized carbons (Fsp3) is 0.529. The van der Waals surface area contributed by atoms with Gasteiger partial charge in [0, 0.05) is 11.6 Å². The van der Waals surface area contributed by atoms with E-state index < -0.39 is 5.54 Å². The van der Waals surface area contributed by atoms with Crippen LogP contribution < -0.4 is 0 Å². The zero-order chi connectivity index (χ0) is 15.7. The Kier molecular flexibility index (Phi) is 4.13. The highest BCUT2D eigenvalue weighted by molar-refractivity contribution is 6.30. The van der Waals surface area contributed by atoms with E-state index in [2.05, 4.69) is 9.89 Å². The third-order valence-electron chi connectivity index (χ3n) is 4.65. The lowest BCUT2D eigenvalue weighted by molar-refractivity contribution is -0.148. The van der Waals surface area contributed by atoms with Gasteiger partial charge >= 0.3 is 5.97 Å². The van der Waals surface area contributed by atoms with Gasteiger partial charge in [-0.3, -0.25) is 4.99 Å². The van der Waals surface area contributed by atoms with Gasteiger partial charge in [0.2, 0.25) is 0 Å². The number of hydrogen-bond donors (Lipinski definition) is 0. The largest absolute Gasteiger partial charge is 0.467 e. The molecule has 0 spiro atoms. The number of esters is 1. The van der Waals surface area contributed by atoms with Crippen molar-refractivity contribution in [1.29, 1.82) is 0 Å². The van der Waals surface area contributed by atoms with Gasteiger partial charge in [0.05, 0.1) is 19.5 Å². The molecule has 3 rings (SSSR count). The maximum Gasteiger partial charge on any atom is 0.336 e. The molecular formula is C17H21ClN2O2. The lowest BCUT2D eigenvalue weighted by Gasteiger charge is -2.35. The summed E-state index contributed by atoms with van der Waals surface area (Å²) in [4.78, 5) is 19.3. The Labute approximate surface area is 136 Å². The first kappa shape index (κ1) is 15.3. The summed E-state index contributed by atoms with van der Waals surface area (Å²) < 4.78 is 5.07. The lowest BCUT2D eigenvalue weighted by Crippen LogP contribution is -2.45. The number of hydrogen-bond acceptors (Lipinski definition) is 4. The molecule has 0 radical (unpaired) electrons. The van der Waals surface area contributed by atoms with E-state index in [1.807, 2.05) is 37.5 Å². The van der Waals surface area contributed by atoms with Gasteiger partial charge in [-0.05, 0) is 42.9 Å². The van der Waals surface area contributed by atoms with Gasteiger partial charge in [-0.15, -0.1) is 0 Å². The SMILES string of the molecule is CCC1(C(=O)OC)N=CN(CC2CC2)C1c1ccc(Cl)cc1. The van der Waals surface area contributed by atoms with Crippen LogP contribution in [0.2, 0.25) is 5.02 Å². The average molecular weight is 321 g/mol. The quantitative estimate of drug-likeness (QED) is 0.780. The number of carbonyl (C=O) groups is 1. The third kappa shape index (κ3) is 2.60. The second kappa shape index (κ2) is 5.92. The molecule has 1 fully saturated rings. The third-order valence-corrected chi connectivity index (χ3v) is 4.90. The lowest BCUT2D eigenvalue weighted by atomic mass is 9.83. The van der Waals surface area contributed by atoms with Gasteiger partial charge < -0.3 is 9.64 Å². The molecule has 0 N–H and O–H groups in total. The van der Waals surface area contributed by atoms with Gasteiger partial charge in [-0.2, -0.15) is 0 Å². The van der Waals surface area contributed by atoms with E-state index in [1.165, 1.54) is 20.0 Å². The number of halogens is 1. The molecule has 5 heteroatoms. The van der Waals surface area contributed by atoms with E-state index in [0.29, 0.717) is 17.4 Å². The van der Waals surface area contributed by atoms with E-state index in [0.717, 1.165) is 12.1 Å². The molecule has 1 heterocycles. The number of ether oxygens (including phenoxy) is 1. The van der Waals surface area contributed by atoms with Crippen LogP contribution in [0.15, 0.2) is 29.3 Å². The summed E-state index contributed by atoms with van der Waals surface area (Å²) in [7, 11) is 1.43. The van der Waals surface area contributed by atoms with Crippen LogP contribution in [0.25, 0.3) is 0 Å². The molecular weight excluding hydrogens is 300 g/mol. The molecule has 0 aromatic heterocycles. The van der Waals surface area contributed by atoms with Crippen molar-refractivity contribution < 1.29 is 9.53 Å². The van der Waals surface area contributed by atoms with Crippen molar-refractivity contribution in [3.8, 4) is 0 Å². The summed E-state index contributed by atoms with van der Waals surface area (Å²) in [6.07, 6.45) is 4.95. The molecule has 0 saturated heterocycles. The van der Waals surface area contributed by atoms with E-state index in [1.54, 1.807) is 0 Å². The standard InChI is InChI=1S/C17H21ClN2O2/c1-3-17(16(21)22-2)15(13-6-8-14(18)9-7-13)20(11-19-17)10-12-4-5-12/h6-9,11-12,15H,3-5,10H2,1-2H3. The first-order chi connectivity index (χ1) is 10.6. The van der Waals surface area contributed by atoms with Crippen molar-refractivity contribution in [1.82, 2.24) is 4.90 Å². The summed E-state index contributed by atoms with van der Waals surface area (Å²) in [5.41, 5.74) is 0.187. The number of benzene rings is 1. The second-order valence-corrected chi connectivity index (χ2v) is 6.54. The molecule has 1 aliphatic heterocycles. The van der Waals surface area contributed by atoms with Gasteiger partial charge in [-0.25, -0.2) is 4.79 Å². The highest BCUT2D eigenvalue weighted by Crippen LogP contribution is 2.44. The molecule has 1 aliphatic carbocycles. The van der Waals surface area contributed by atoms with E-state index >= 15 is 0 Å². The molecule has 2 unspecified atom stereocenters. The Morgan fingerprint density at radius 1 is 1.41 bits per heavy atom. The van der Waals surface area contributed by atoms with Crippen LogP contribution in [-0.2, 0) is 9.53 Å². The predicted molar refractivity (Wildman–Crippen MR) is 87.2 cm³/mol. The predicted octanol–water partition coefficient (Wildman–Crippen LogP) is 3.46. The molecule has 0 bridgehead atoms. The van der Waals surface area contributed by atoms with Crippen LogP contribution in [-0.4, -0.2) is 36.4 Å². The molecule has 1 aromatic rings. The first-order valence-corrected chi connectivity index (χ1v) is 8.13. The zero-order valence-electron chi connectivity index (χ0n) is 13.0. The smallest absolute Gasteiger partial charge is 0.336 e. The molecule has 4 nitrogen and oxygen atoms in total. The minimum atomic E-state index is -0.864. The Hall–Kier alpha value is -1.55. The molecule has 118 valence electrons. The second-order valence-electron chi connectivity index (χ2n) is 6.11. The fourth-order valence-corrected chi connectivity index (χ4v) is 3.35. The number of aliphatic imine (C=N–C) groups is 1. The molecule has 2 aliphatic rings.